The Morgan fingerprint density at radius 1 is 1.44 bits per heavy atom. The molecule has 0 spiro atoms. The molecule has 0 bridgehead atoms. The van der Waals surface area contributed by atoms with Crippen molar-refractivity contribution in [2.24, 2.45) is 5.73 Å². The molecule has 0 fully saturated rings. The van der Waals surface area contributed by atoms with Gasteiger partial charge in [-0.15, -0.1) is 0 Å². The molecule has 1 atom stereocenters. The molecule has 0 aliphatic heterocycles. The summed E-state index contributed by atoms with van der Waals surface area (Å²) < 4.78 is 0. The molecule has 0 aliphatic rings. The van der Waals surface area contributed by atoms with Crippen LogP contribution in [0.2, 0.25) is 0 Å². The summed E-state index contributed by atoms with van der Waals surface area (Å²) in [5.74, 6) is 1.04. The Balaban J connectivity index is 3.20. The van der Waals surface area contributed by atoms with Crippen LogP contribution in [0.5, 0.6) is 0 Å². The van der Waals surface area contributed by atoms with Gasteiger partial charge in [-0.05, 0) is 38.8 Å². The predicted molar refractivity (Wildman–Crippen MR) is 69.8 cm³/mol. The van der Waals surface area contributed by atoms with E-state index in [9.17, 15) is 0 Å². The van der Waals surface area contributed by atoms with Gasteiger partial charge in [-0.2, -0.15) is 0 Å². The number of hydrogen-bond donors (Lipinski definition) is 1. The van der Waals surface area contributed by atoms with Gasteiger partial charge in [0.1, 0.15) is 5.82 Å². The van der Waals surface area contributed by atoms with Gasteiger partial charge in [-0.1, -0.05) is 6.92 Å². The number of anilines is 1. The number of rotatable bonds is 4. The molecule has 0 amide bonds. The highest BCUT2D eigenvalue weighted by molar-refractivity contribution is 5.51. The minimum Gasteiger partial charge on any atom is -0.357 e. The predicted octanol–water partition coefficient (Wildman–Crippen LogP) is 2.39. The SMILES string of the molecule is CCC(C)N(C)c1nc(C)cc(C)c1CN. The molecule has 2 N–H and O–H groups in total. The number of nitrogens with two attached hydrogens (primary N) is 1. The molecule has 1 heterocycles. The molecule has 3 nitrogen and oxygen atoms in total. The summed E-state index contributed by atoms with van der Waals surface area (Å²) in [5, 5.41) is 0. The van der Waals surface area contributed by atoms with Crippen LogP contribution in [0.1, 0.15) is 37.1 Å². The molecule has 0 aliphatic carbocycles. The van der Waals surface area contributed by atoms with E-state index in [0.29, 0.717) is 12.6 Å². The Morgan fingerprint density at radius 2 is 2.06 bits per heavy atom. The average Bonchev–Trinajstić information content (AvgIpc) is 2.26. The molecule has 90 valence electrons. The van der Waals surface area contributed by atoms with Crippen LogP contribution in [0.25, 0.3) is 0 Å². The van der Waals surface area contributed by atoms with E-state index in [4.69, 9.17) is 5.73 Å². The molecule has 16 heavy (non-hydrogen) atoms. The number of aryl methyl sites for hydroxylation is 2. The Hall–Kier alpha value is -1.09. The summed E-state index contributed by atoms with van der Waals surface area (Å²) in [5.41, 5.74) is 9.27. The fourth-order valence-corrected chi connectivity index (χ4v) is 1.87. The zero-order valence-electron chi connectivity index (χ0n) is 11.0. The zero-order valence-corrected chi connectivity index (χ0v) is 11.0. The first-order valence-corrected chi connectivity index (χ1v) is 5.91. The van der Waals surface area contributed by atoms with E-state index < -0.39 is 0 Å². The van der Waals surface area contributed by atoms with E-state index in [1.54, 1.807) is 0 Å². The average molecular weight is 221 g/mol. The monoisotopic (exact) mass is 221 g/mol. The van der Waals surface area contributed by atoms with Crippen LogP contribution in [0.3, 0.4) is 0 Å². The minimum atomic E-state index is 0.485. The van der Waals surface area contributed by atoms with Crippen molar-refractivity contribution in [1.29, 1.82) is 0 Å². The van der Waals surface area contributed by atoms with Crippen molar-refractivity contribution in [3.8, 4) is 0 Å². The lowest BCUT2D eigenvalue weighted by atomic mass is 10.1. The summed E-state index contributed by atoms with van der Waals surface area (Å²) in [7, 11) is 2.09. The van der Waals surface area contributed by atoms with Crippen LogP contribution in [-0.2, 0) is 6.54 Å². The normalized spacial score (nSPS) is 12.6. The van der Waals surface area contributed by atoms with Gasteiger partial charge >= 0.3 is 0 Å². The van der Waals surface area contributed by atoms with E-state index in [0.717, 1.165) is 23.5 Å². The van der Waals surface area contributed by atoms with E-state index >= 15 is 0 Å². The molecule has 0 radical (unpaired) electrons. The van der Waals surface area contributed by atoms with Crippen molar-refractivity contribution in [2.75, 3.05) is 11.9 Å². The van der Waals surface area contributed by atoms with Gasteiger partial charge in [0, 0.05) is 30.9 Å². The van der Waals surface area contributed by atoms with E-state index in [-0.39, 0.29) is 0 Å². The minimum absolute atomic E-state index is 0.485. The lowest BCUT2D eigenvalue weighted by Gasteiger charge is -2.28. The number of hydrogen-bond acceptors (Lipinski definition) is 3. The molecule has 0 aromatic carbocycles. The Kier molecular flexibility index (Phi) is 4.30. The highest BCUT2D eigenvalue weighted by Gasteiger charge is 2.15. The lowest BCUT2D eigenvalue weighted by Crippen LogP contribution is -2.30. The van der Waals surface area contributed by atoms with Crippen molar-refractivity contribution in [2.45, 2.75) is 46.7 Å². The quantitative estimate of drug-likeness (QED) is 0.849. The highest BCUT2D eigenvalue weighted by atomic mass is 15.2. The summed E-state index contributed by atoms with van der Waals surface area (Å²) >= 11 is 0. The topological polar surface area (TPSA) is 42.2 Å². The van der Waals surface area contributed by atoms with Gasteiger partial charge in [0.25, 0.3) is 0 Å². The van der Waals surface area contributed by atoms with E-state index in [2.05, 4.69) is 43.8 Å². The van der Waals surface area contributed by atoms with Gasteiger partial charge in [0.05, 0.1) is 0 Å². The third kappa shape index (κ3) is 2.53. The molecule has 0 saturated heterocycles. The molecular weight excluding hydrogens is 198 g/mol. The fraction of sp³-hybridized carbons (Fsp3) is 0.615. The van der Waals surface area contributed by atoms with Gasteiger partial charge in [-0.3, -0.25) is 0 Å². The Bertz CT molecular complexity index is 360. The van der Waals surface area contributed by atoms with Gasteiger partial charge in [0.2, 0.25) is 0 Å². The Labute approximate surface area is 98.7 Å². The van der Waals surface area contributed by atoms with E-state index in [1.165, 1.54) is 5.56 Å². The van der Waals surface area contributed by atoms with Crippen LogP contribution in [-0.4, -0.2) is 18.1 Å². The van der Waals surface area contributed by atoms with Crippen LogP contribution >= 0.6 is 0 Å². The zero-order chi connectivity index (χ0) is 12.3. The van der Waals surface area contributed by atoms with Gasteiger partial charge < -0.3 is 10.6 Å². The molecule has 1 aromatic rings. The molecular formula is C13H23N3. The number of pyridine rings is 1. The van der Waals surface area contributed by atoms with Crippen LogP contribution in [0.4, 0.5) is 5.82 Å². The summed E-state index contributed by atoms with van der Waals surface area (Å²) in [4.78, 5) is 6.84. The van der Waals surface area contributed by atoms with Crippen LogP contribution in [0, 0.1) is 13.8 Å². The molecule has 1 aromatic heterocycles. The second-order valence-corrected chi connectivity index (χ2v) is 4.45. The van der Waals surface area contributed by atoms with Crippen LogP contribution < -0.4 is 10.6 Å². The summed E-state index contributed by atoms with van der Waals surface area (Å²) in [6, 6.07) is 2.58. The highest BCUT2D eigenvalue weighted by Crippen LogP contribution is 2.23. The van der Waals surface area contributed by atoms with E-state index in [1.807, 2.05) is 6.92 Å². The van der Waals surface area contributed by atoms with Gasteiger partial charge in [0.15, 0.2) is 0 Å². The summed E-state index contributed by atoms with van der Waals surface area (Å²) in [6.45, 7) is 9.08. The maximum atomic E-state index is 5.81. The molecule has 0 saturated carbocycles. The second-order valence-electron chi connectivity index (χ2n) is 4.45. The maximum absolute atomic E-state index is 5.81. The van der Waals surface area contributed by atoms with Gasteiger partial charge in [-0.25, -0.2) is 4.98 Å². The van der Waals surface area contributed by atoms with Crippen molar-refractivity contribution in [1.82, 2.24) is 4.98 Å². The first kappa shape index (κ1) is 13.0. The first-order valence-electron chi connectivity index (χ1n) is 5.91. The largest absolute Gasteiger partial charge is 0.357 e. The lowest BCUT2D eigenvalue weighted by molar-refractivity contribution is 0.652. The second kappa shape index (κ2) is 5.30. The fourth-order valence-electron chi connectivity index (χ4n) is 1.87. The number of nitrogens with zero attached hydrogens (tertiary/aromatic N) is 2. The first-order chi connectivity index (χ1) is 7.51. The molecule has 1 rings (SSSR count). The van der Waals surface area contributed by atoms with Crippen molar-refractivity contribution in [3.05, 3.63) is 22.9 Å². The maximum Gasteiger partial charge on any atom is 0.133 e. The summed E-state index contributed by atoms with van der Waals surface area (Å²) in [6.07, 6.45) is 1.11. The smallest absolute Gasteiger partial charge is 0.133 e. The third-order valence-electron chi connectivity index (χ3n) is 3.24. The Morgan fingerprint density at radius 3 is 2.56 bits per heavy atom. The van der Waals surface area contributed by atoms with Crippen LogP contribution in [0.15, 0.2) is 6.07 Å². The van der Waals surface area contributed by atoms with Crippen molar-refractivity contribution in [3.63, 3.8) is 0 Å². The van der Waals surface area contributed by atoms with Crippen molar-refractivity contribution < 1.29 is 0 Å². The number of aromatic nitrogens is 1. The van der Waals surface area contributed by atoms with Crippen molar-refractivity contribution >= 4 is 5.82 Å². The molecule has 1 unspecified atom stereocenters. The third-order valence-corrected chi connectivity index (χ3v) is 3.24. The standard InChI is InChI=1S/C13H23N3/c1-6-11(4)16(5)13-12(8-14)9(2)7-10(3)15-13/h7,11H,6,8,14H2,1-5H3. The molecule has 3 heteroatoms.